The molecule has 204 valence electrons. The maximum atomic E-state index is 12.7. The van der Waals surface area contributed by atoms with Gasteiger partial charge in [0.05, 0.1) is 33.8 Å². The summed E-state index contributed by atoms with van der Waals surface area (Å²) in [7, 11) is 5.32. The van der Waals surface area contributed by atoms with Crippen molar-refractivity contribution in [2.24, 2.45) is 5.73 Å². The van der Waals surface area contributed by atoms with Crippen molar-refractivity contribution in [1.82, 2.24) is 9.88 Å². The molecule has 0 aliphatic carbocycles. The lowest BCUT2D eigenvalue weighted by molar-refractivity contribution is -0.274. The molecular formula is C23H25F3N6O5S. The number of ether oxygens (including phenoxy) is 2. The Kier molecular flexibility index (Phi) is 7.27. The minimum absolute atomic E-state index is 0.0155. The van der Waals surface area contributed by atoms with Crippen LogP contribution in [-0.4, -0.2) is 79.4 Å². The molecule has 1 aromatic heterocycles. The number of primary amides is 1. The van der Waals surface area contributed by atoms with E-state index in [1.807, 2.05) is 19.0 Å². The van der Waals surface area contributed by atoms with Gasteiger partial charge in [0.25, 0.3) is 5.91 Å². The van der Waals surface area contributed by atoms with Gasteiger partial charge in [-0.25, -0.2) is 9.78 Å². The number of likely N-dealkylation sites (N-methyl/N-ethyl adjacent to an activating group) is 2. The molecule has 1 amide bonds. The molecule has 2 atom stereocenters. The first kappa shape index (κ1) is 27.2. The van der Waals surface area contributed by atoms with Crippen molar-refractivity contribution < 1.29 is 37.3 Å². The van der Waals surface area contributed by atoms with E-state index in [2.05, 4.69) is 20.4 Å². The standard InChI is InChI=1S/C23H25F3N6O5S/c1-31(2)8-9-36-18(19(27)33)22(29-15-10-12(20(34)35)4-7-16(15)32(22)3)30-21-28-14-6-5-13(11-17(14)38-21)37-23(24,25)26/h4-7,10-11,18,29H,8-9H2,1-3H3,(H2,27,33)(H,28,30)(H,34,35). The van der Waals surface area contributed by atoms with E-state index in [0.29, 0.717) is 28.1 Å². The lowest BCUT2D eigenvalue weighted by Gasteiger charge is -2.42. The van der Waals surface area contributed by atoms with E-state index in [9.17, 15) is 27.9 Å². The molecule has 38 heavy (non-hydrogen) atoms. The number of hydrogen-bond donors (Lipinski definition) is 4. The number of aromatic carboxylic acids is 1. The van der Waals surface area contributed by atoms with Gasteiger partial charge in [-0.3, -0.25) is 4.79 Å². The number of aromatic nitrogens is 1. The van der Waals surface area contributed by atoms with Crippen molar-refractivity contribution in [3.05, 3.63) is 42.0 Å². The highest BCUT2D eigenvalue weighted by atomic mass is 32.1. The van der Waals surface area contributed by atoms with Crippen molar-refractivity contribution in [1.29, 1.82) is 0 Å². The number of benzene rings is 2. The normalized spacial score (nSPS) is 17.8. The number of rotatable bonds is 10. The Labute approximate surface area is 218 Å². The Bertz CT molecular complexity index is 1370. The summed E-state index contributed by atoms with van der Waals surface area (Å²) in [6, 6.07) is 8.14. The number of anilines is 3. The molecule has 5 N–H and O–H groups in total. The van der Waals surface area contributed by atoms with Crippen LogP contribution in [0.15, 0.2) is 36.4 Å². The van der Waals surface area contributed by atoms with Crippen LogP contribution in [-0.2, 0) is 9.53 Å². The van der Waals surface area contributed by atoms with Gasteiger partial charge in [-0.2, -0.15) is 0 Å². The molecule has 4 rings (SSSR count). The zero-order valence-corrected chi connectivity index (χ0v) is 21.3. The molecule has 2 unspecified atom stereocenters. The molecule has 1 aliphatic rings. The number of nitrogens with zero attached hydrogens (tertiary/aromatic N) is 3. The third-order valence-electron chi connectivity index (χ3n) is 5.81. The summed E-state index contributed by atoms with van der Waals surface area (Å²) in [6.07, 6.45) is -6.16. The van der Waals surface area contributed by atoms with E-state index in [-0.39, 0.29) is 17.3 Å². The van der Waals surface area contributed by atoms with Crippen molar-refractivity contribution in [2.75, 3.05) is 49.8 Å². The van der Waals surface area contributed by atoms with E-state index >= 15 is 0 Å². The van der Waals surface area contributed by atoms with Gasteiger partial charge in [0, 0.05) is 19.7 Å². The van der Waals surface area contributed by atoms with Gasteiger partial charge in [-0.1, -0.05) is 11.3 Å². The van der Waals surface area contributed by atoms with Gasteiger partial charge < -0.3 is 40.7 Å². The molecule has 2 heterocycles. The number of halogens is 3. The molecular weight excluding hydrogens is 529 g/mol. The number of hydrogen-bond acceptors (Lipinski definition) is 10. The van der Waals surface area contributed by atoms with Gasteiger partial charge in [-0.05, 0) is 44.4 Å². The number of thiazole rings is 1. The van der Waals surface area contributed by atoms with Gasteiger partial charge in [0.2, 0.25) is 5.79 Å². The predicted octanol–water partition coefficient (Wildman–Crippen LogP) is 2.95. The predicted molar refractivity (Wildman–Crippen MR) is 136 cm³/mol. The number of carbonyl (C=O) groups excluding carboxylic acids is 1. The highest BCUT2D eigenvalue weighted by molar-refractivity contribution is 7.22. The molecule has 0 spiro atoms. The Hall–Kier alpha value is -3.82. The molecule has 11 nitrogen and oxygen atoms in total. The van der Waals surface area contributed by atoms with Crippen LogP contribution in [0.3, 0.4) is 0 Å². The minimum Gasteiger partial charge on any atom is -0.478 e. The first-order chi connectivity index (χ1) is 17.8. The molecule has 3 aromatic rings. The van der Waals surface area contributed by atoms with Crippen molar-refractivity contribution in [2.45, 2.75) is 18.3 Å². The van der Waals surface area contributed by atoms with E-state index in [1.165, 1.54) is 24.3 Å². The minimum atomic E-state index is -4.85. The fourth-order valence-corrected chi connectivity index (χ4v) is 5.00. The quantitative estimate of drug-likeness (QED) is 0.295. The Balaban J connectivity index is 1.75. The highest BCUT2D eigenvalue weighted by Crippen LogP contribution is 2.43. The first-order valence-corrected chi connectivity index (χ1v) is 12.0. The summed E-state index contributed by atoms with van der Waals surface area (Å²) in [5.74, 6) is -3.92. The molecule has 0 fully saturated rings. The largest absolute Gasteiger partial charge is 0.573 e. The maximum Gasteiger partial charge on any atom is 0.573 e. The monoisotopic (exact) mass is 554 g/mol. The zero-order valence-electron chi connectivity index (χ0n) is 20.5. The van der Waals surface area contributed by atoms with Crippen LogP contribution in [0.4, 0.5) is 29.7 Å². The molecule has 0 bridgehead atoms. The van der Waals surface area contributed by atoms with E-state index in [1.54, 1.807) is 18.0 Å². The van der Waals surface area contributed by atoms with Gasteiger partial charge in [0.15, 0.2) is 11.2 Å². The van der Waals surface area contributed by atoms with Crippen LogP contribution in [0, 0.1) is 0 Å². The second-order valence-electron chi connectivity index (χ2n) is 8.77. The van der Waals surface area contributed by atoms with Gasteiger partial charge >= 0.3 is 12.3 Å². The number of carboxylic acid groups (broad SMARTS) is 1. The van der Waals surface area contributed by atoms with Crippen LogP contribution in [0.1, 0.15) is 10.4 Å². The first-order valence-electron chi connectivity index (χ1n) is 11.2. The summed E-state index contributed by atoms with van der Waals surface area (Å²) in [4.78, 5) is 32.2. The third kappa shape index (κ3) is 5.54. The molecule has 2 aromatic carbocycles. The van der Waals surface area contributed by atoms with Crippen LogP contribution in [0.2, 0.25) is 0 Å². The highest BCUT2D eigenvalue weighted by Gasteiger charge is 2.52. The number of carboxylic acids is 1. The molecule has 0 saturated carbocycles. The van der Waals surface area contributed by atoms with E-state index in [0.717, 1.165) is 17.4 Å². The fourth-order valence-electron chi connectivity index (χ4n) is 4.04. The van der Waals surface area contributed by atoms with Crippen molar-refractivity contribution in [3.8, 4) is 5.75 Å². The number of nitrogens with one attached hydrogen (secondary N) is 2. The van der Waals surface area contributed by atoms with Crippen LogP contribution < -0.4 is 26.0 Å². The van der Waals surface area contributed by atoms with Crippen molar-refractivity contribution in [3.63, 3.8) is 0 Å². The Morgan fingerprint density at radius 3 is 2.66 bits per heavy atom. The number of alkyl halides is 3. The SMILES string of the molecule is CN(C)CCOC(C(N)=O)C1(Nc2nc3ccc(OC(F)(F)F)cc3s2)Nc2cc(C(=O)O)ccc2N1C. The zero-order chi connectivity index (χ0) is 27.8. The summed E-state index contributed by atoms with van der Waals surface area (Å²) < 4.78 is 48.4. The lowest BCUT2D eigenvalue weighted by Crippen LogP contribution is -2.67. The fraction of sp³-hybridized carbons (Fsp3) is 0.348. The van der Waals surface area contributed by atoms with Crippen LogP contribution in [0.5, 0.6) is 5.75 Å². The second kappa shape index (κ2) is 10.2. The topological polar surface area (TPSA) is 142 Å². The van der Waals surface area contributed by atoms with Crippen LogP contribution >= 0.6 is 11.3 Å². The third-order valence-corrected chi connectivity index (χ3v) is 6.74. The summed E-state index contributed by atoms with van der Waals surface area (Å²) in [5, 5.41) is 16.0. The second-order valence-corrected chi connectivity index (χ2v) is 9.80. The Morgan fingerprint density at radius 1 is 1.29 bits per heavy atom. The number of fused-ring (bicyclic) bond motifs is 2. The average molecular weight is 555 g/mol. The number of amides is 1. The molecule has 15 heteroatoms. The molecule has 0 saturated heterocycles. The smallest absolute Gasteiger partial charge is 0.478 e. The lowest BCUT2D eigenvalue weighted by atomic mass is 10.1. The van der Waals surface area contributed by atoms with Crippen LogP contribution in [0.25, 0.3) is 10.2 Å². The van der Waals surface area contributed by atoms with Crippen molar-refractivity contribution >= 4 is 49.9 Å². The maximum absolute atomic E-state index is 12.7. The summed E-state index contributed by atoms with van der Waals surface area (Å²) >= 11 is 1.02. The van der Waals surface area contributed by atoms with E-state index < -0.39 is 35.9 Å². The van der Waals surface area contributed by atoms with Gasteiger partial charge in [0.1, 0.15) is 5.75 Å². The molecule has 0 radical (unpaired) electrons. The van der Waals surface area contributed by atoms with Gasteiger partial charge in [-0.15, -0.1) is 13.2 Å². The number of nitrogens with two attached hydrogens (primary N) is 1. The average Bonchev–Trinajstić information content (AvgIpc) is 3.32. The Morgan fingerprint density at radius 2 is 2.03 bits per heavy atom. The number of carbonyl (C=O) groups is 2. The summed E-state index contributed by atoms with van der Waals surface area (Å²) in [5.41, 5.74) is 7.13. The molecule has 1 aliphatic heterocycles. The van der Waals surface area contributed by atoms with E-state index in [4.69, 9.17) is 10.5 Å². The summed E-state index contributed by atoms with van der Waals surface area (Å²) in [6.45, 7) is 0.608.